The van der Waals surface area contributed by atoms with Gasteiger partial charge in [0.1, 0.15) is 12.1 Å². The lowest BCUT2D eigenvalue weighted by Gasteiger charge is -2.18. The summed E-state index contributed by atoms with van der Waals surface area (Å²) in [6.45, 7) is 2.71. The number of anilines is 1. The number of nitrogens with zero attached hydrogens (tertiary/aromatic N) is 4. The van der Waals surface area contributed by atoms with Crippen molar-refractivity contribution in [2.75, 3.05) is 37.4 Å². The Hall–Kier alpha value is -3.00. The summed E-state index contributed by atoms with van der Waals surface area (Å²) in [6, 6.07) is 18.1. The molecule has 1 saturated heterocycles. The van der Waals surface area contributed by atoms with Gasteiger partial charge in [0, 0.05) is 31.0 Å². The van der Waals surface area contributed by atoms with E-state index < -0.39 is 0 Å². The van der Waals surface area contributed by atoms with Gasteiger partial charge < -0.3 is 15.0 Å². The molecule has 1 aliphatic heterocycles. The number of hydrogen-bond acceptors (Lipinski definition) is 6. The molecule has 3 aromatic rings. The number of methoxy groups -OCH3 is 1. The van der Waals surface area contributed by atoms with Crippen molar-refractivity contribution < 1.29 is 9.53 Å². The van der Waals surface area contributed by atoms with Crippen molar-refractivity contribution in [3.05, 3.63) is 60.9 Å². The maximum absolute atomic E-state index is 12.4. The minimum Gasteiger partial charge on any atom is -0.497 e. The van der Waals surface area contributed by atoms with Gasteiger partial charge in [0.15, 0.2) is 5.16 Å². The van der Waals surface area contributed by atoms with Gasteiger partial charge >= 0.3 is 0 Å². The van der Waals surface area contributed by atoms with Gasteiger partial charge in [0.05, 0.1) is 12.9 Å². The first-order valence-corrected chi connectivity index (χ1v) is 11.0. The van der Waals surface area contributed by atoms with Crippen LogP contribution in [0.3, 0.4) is 0 Å². The summed E-state index contributed by atoms with van der Waals surface area (Å²) in [5.41, 5.74) is 2.18. The van der Waals surface area contributed by atoms with Crippen LogP contribution in [0.15, 0.2) is 66.1 Å². The van der Waals surface area contributed by atoms with Crippen LogP contribution in [0.25, 0.3) is 5.69 Å². The van der Waals surface area contributed by atoms with Crippen molar-refractivity contribution >= 4 is 23.4 Å². The van der Waals surface area contributed by atoms with Gasteiger partial charge in [-0.3, -0.25) is 9.36 Å². The minimum atomic E-state index is 0.0162. The molecule has 156 valence electrons. The summed E-state index contributed by atoms with van der Waals surface area (Å²) in [5.74, 6) is 1.59. The Labute approximate surface area is 180 Å². The average Bonchev–Trinajstić information content (AvgIpc) is 3.47. The van der Waals surface area contributed by atoms with Crippen LogP contribution in [0.2, 0.25) is 0 Å². The second kappa shape index (κ2) is 9.67. The highest BCUT2D eigenvalue weighted by Crippen LogP contribution is 2.24. The number of aromatic nitrogens is 3. The molecule has 1 N–H and O–H groups in total. The van der Waals surface area contributed by atoms with E-state index in [-0.39, 0.29) is 5.91 Å². The van der Waals surface area contributed by atoms with Gasteiger partial charge in [-0.1, -0.05) is 30.0 Å². The molecule has 30 heavy (non-hydrogen) atoms. The van der Waals surface area contributed by atoms with Gasteiger partial charge in [-0.15, -0.1) is 10.2 Å². The van der Waals surface area contributed by atoms with Crippen molar-refractivity contribution in [1.82, 2.24) is 20.1 Å². The molecule has 1 atom stereocenters. The second-order valence-electron chi connectivity index (χ2n) is 7.21. The third-order valence-corrected chi connectivity index (χ3v) is 6.14. The van der Waals surface area contributed by atoms with Crippen LogP contribution < -0.4 is 15.0 Å². The maximum atomic E-state index is 12.4. The molecular weight excluding hydrogens is 398 g/mol. The SMILES string of the molecule is COc1ccc(-n2cnnc2SCC(=O)NCC2CCN(c3ccccc3)C2)cc1. The van der Waals surface area contributed by atoms with Crippen molar-refractivity contribution in [2.24, 2.45) is 5.92 Å². The lowest BCUT2D eigenvalue weighted by molar-refractivity contribution is -0.118. The summed E-state index contributed by atoms with van der Waals surface area (Å²) in [5, 5.41) is 11.9. The van der Waals surface area contributed by atoms with E-state index >= 15 is 0 Å². The Bertz CT molecular complexity index is 961. The van der Waals surface area contributed by atoms with Gasteiger partial charge in [0.25, 0.3) is 0 Å². The molecule has 1 fully saturated rings. The molecule has 1 aliphatic rings. The topological polar surface area (TPSA) is 72.3 Å². The number of carbonyl (C=O) groups excluding carboxylic acids is 1. The Morgan fingerprint density at radius 3 is 2.73 bits per heavy atom. The van der Waals surface area contributed by atoms with Crippen molar-refractivity contribution in [3.63, 3.8) is 0 Å². The summed E-state index contributed by atoms with van der Waals surface area (Å²) in [6.07, 6.45) is 2.74. The quantitative estimate of drug-likeness (QED) is 0.562. The number of para-hydroxylation sites is 1. The fourth-order valence-corrected chi connectivity index (χ4v) is 4.31. The van der Waals surface area contributed by atoms with E-state index in [1.807, 2.05) is 34.9 Å². The van der Waals surface area contributed by atoms with Crippen LogP contribution in [0.5, 0.6) is 5.75 Å². The van der Waals surface area contributed by atoms with Crippen molar-refractivity contribution in [1.29, 1.82) is 0 Å². The molecule has 1 aromatic heterocycles. The van der Waals surface area contributed by atoms with Crippen molar-refractivity contribution in [3.8, 4) is 11.4 Å². The molecule has 2 heterocycles. The van der Waals surface area contributed by atoms with Crippen LogP contribution in [0, 0.1) is 5.92 Å². The zero-order valence-electron chi connectivity index (χ0n) is 16.9. The molecule has 1 unspecified atom stereocenters. The monoisotopic (exact) mass is 423 g/mol. The Morgan fingerprint density at radius 2 is 1.97 bits per heavy atom. The third-order valence-electron chi connectivity index (χ3n) is 5.19. The molecule has 8 heteroatoms. The minimum absolute atomic E-state index is 0.0162. The first-order chi connectivity index (χ1) is 14.7. The molecule has 2 aromatic carbocycles. The molecule has 4 rings (SSSR count). The van der Waals surface area contributed by atoms with E-state index in [0.29, 0.717) is 23.4 Å². The Morgan fingerprint density at radius 1 is 1.17 bits per heavy atom. The summed E-state index contributed by atoms with van der Waals surface area (Å²) in [7, 11) is 1.64. The van der Waals surface area contributed by atoms with E-state index in [0.717, 1.165) is 30.9 Å². The lowest BCUT2D eigenvalue weighted by atomic mass is 10.1. The number of benzene rings is 2. The standard InChI is InChI=1S/C22H25N5O2S/c1-29-20-9-7-19(8-10-20)27-16-24-25-22(27)30-15-21(28)23-13-17-11-12-26(14-17)18-5-3-2-4-6-18/h2-10,16-17H,11-15H2,1H3,(H,23,28). The number of amides is 1. The second-order valence-corrected chi connectivity index (χ2v) is 8.15. The molecule has 7 nitrogen and oxygen atoms in total. The highest BCUT2D eigenvalue weighted by molar-refractivity contribution is 7.99. The third kappa shape index (κ3) is 4.94. The summed E-state index contributed by atoms with van der Waals surface area (Å²) in [4.78, 5) is 14.7. The normalized spacial score (nSPS) is 15.9. The lowest BCUT2D eigenvalue weighted by Crippen LogP contribution is -2.32. The first-order valence-electron chi connectivity index (χ1n) is 9.97. The van der Waals surface area contributed by atoms with Crippen LogP contribution in [0.1, 0.15) is 6.42 Å². The zero-order valence-corrected chi connectivity index (χ0v) is 17.7. The largest absolute Gasteiger partial charge is 0.497 e. The number of nitrogens with one attached hydrogen (secondary N) is 1. The predicted octanol–water partition coefficient (Wildman–Crippen LogP) is 3.01. The molecule has 0 radical (unpaired) electrons. The summed E-state index contributed by atoms with van der Waals surface area (Å²) < 4.78 is 7.06. The van der Waals surface area contributed by atoms with Gasteiger partial charge in [-0.05, 0) is 48.7 Å². The van der Waals surface area contributed by atoms with E-state index in [2.05, 4.69) is 44.7 Å². The fraction of sp³-hybridized carbons (Fsp3) is 0.318. The van der Waals surface area contributed by atoms with E-state index in [1.54, 1.807) is 13.4 Å². The smallest absolute Gasteiger partial charge is 0.230 e. The Balaban J connectivity index is 1.24. The Kier molecular flexibility index (Phi) is 6.53. The van der Waals surface area contributed by atoms with Gasteiger partial charge in [-0.2, -0.15) is 0 Å². The maximum Gasteiger partial charge on any atom is 0.230 e. The first kappa shape index (κ1) is 20.3. The molecule has 1 amide bonds. The molecule has 0 aliphatic carbocycles. The zero-order chi connectivity index (χ0) is 20.8. The van der Waals surface area contributed by atoms with Crippen LogP contribution in [-0.4, -0.2) is 53.2 Å². The number of carbonyl (C=O) groups is 1. The van der Waals surface area contributed by atoms with E-state index in [1.165, 1.54) is 17.4 Å². The van der Waals surface area contributed by atoms with Gasteiger partial charge in [0.2, 0.25) is 5.91 Å². The highest BCUT2D eigenvalue weighted by Gasteiger charge is 2.23. The van der Waals surface area contributed by atoms with Crippen molar-refractivity contribution in [2.45, 2.75) is 11.6 Å². The van der Waals surface area contributed by atoms with E-state index in [9.17, 15) is 4.79 Å². The fourth-order valence-electron chi connectivity index (χ4n) is 3.55. The number of thioether (sulfide) groups is 1. The van der Waals surface area contributed by atoms with Crippen LogP contribution >= 0.6 is 11.8 Å². The van der Waals surface area contributed by atoms with Gasteiger partial charge in [-0.25, -0.2) is 0 Å². The molecule has 0 bridgehead atoms. The number of rotatable bonds is 8. The molecule has 0 saturated carbocycles. The number of ether oxygens (including phenoxy) is 1. The highest BCUT2D eigenvalue weighted by atomic mass is 32.2. The van der Waals surface area contributed by atoms with E-state index in [4.69, 9.17) is 4.74 Å². The van der Waals surface area contributed by atoms with Crippen LogP contribution in [0.4, 0.5) is 5.69 Å². The molecule has 0 spiro atoms. The number of hydrogen-bond donors (Lipinski definition) is 1. The van der Waals surface area contributed by atoms with Crippen LogP contribution in [-0.2, 0) is 4.79 Å². The summed E-state index contributed by atoms with van der Waals surface area (Å²) >= 11 is 1.38. The average molecular weight is 424 g/mol. The predicted molar refractivity (Wildman–Crippen MR) is 118 cm³/mol. The molecular formula is C22H25N5O2S.